The van der Waals surface area contributed by atoms with E-state index >= 15 is 0 Å². The Balaban J connectivity index is 1.32. The van der Waals surface area contributed by atoms with E-state index in [1.165, 1.54) is 18.4 Å². The Labute approximate surface area is 170 Å². The highest BCUT2D eigenvalue weighted by Crippen LogP contribution is 2.48. The molecule has 0 radical (unpaired) electrons. The zero-order valence-corrected chi connectivity index (χ0v) is 16.6. The van der Waals surface area contributed by atoms with Crippen molar-refractivity contribution in [2.75, 3.05) is 19.6 Å². The summed E-state index contributed by atoms with van der Waals surface area (Å²) >= 11 is 0. The number of aliphatic imine (C=N–C) groups is 1. The van der Waals surface area contributed by atoms with Crippen LogP contribution in [0.2, 0.25) is 0 Å². The second kappa shape index (κ2) is 8.86. The number of pyridine rings is 1. The first-order valence-corrected chi connectivity index (χ1v) is 10.1. The smallest absolute Gasteiger partial charge is 0.276 e. The van der Waals surface area contributed by atoms with Crippen molar-refractivity contribution >= 4 is 5.96 Å². The van der Waals surface area contributed by atoms with Crippen molar-refractivity contribution in [3.05, 3.63) is 66.1 Å². The fourth-order valence-electron chi connectivity index (χ4n) is 3.29. The van der Waals surface area contributed by atoms with E-state index in [9.17, 15) is 0 Å². The van der Waals surface area contributed by atoms with Gasteiger partial charge in [0.2, 0.25) is 0 Å². The van der Waals surface area contributed by atoms with Crippen LogP contribution < -0.4 is 10.6 Å². The molecule has 7 nitrogen and oxygen atoms in total. The molecule has 1 saturated carbocycles. The summed E-state index contributed by atoms with van der Waals surface area (Å²) in [5.74, 6) is 1.92. The van der Waals surface area contributed by atoms with Gasteiger partial charge in [-0.15, -0.1) is 0 Å². The van der Waals surface area contributed by atoms with Gasteiger partial charge in [-0.3, -0.25) is 9.98 Å². The lowest BCUT2D eigenvalue weighted by Gasteiger charge is -2.15. The molecule has 2 heterocycles. The summed E-state index contributed by atoms with van der Waals surface area (Å²) in [5, 5.41) is 10.7. The van der Waals surface area contributed by atoms with Crippen LogP contribution in [-0.2, 0) is 11.8 Å². The highest BCUT2D eigenvalue weighted by molar-refractivity contribution is 5.79. The molecule has 0 aliphatic heterocycles. The molecule has 0 bridgehead atoms. The van der Waals surface area contributed by atoms with Crippen LogP contribution in [0.1, 0.15) is 31.2 Å². The van der Waals surface area contributed by atoms with Gasteiger partial charge in [0.1, 0.15) is 5.69 Å². The number of hydrogen-bond donors (Lipinski definition) is 2. The molecule has 29 heavy (non-hydrogen) atoms. The second-order valence-corrected chi connectivity index (χ2v) is 7.25. The van der Waals surface area contributed by atoms with Gasteiger partial charge in [-0.1, -0.05) is 41.6 Å². The first-order chi connectivity index (χ1) is 14.3. The Morgan fingerprint density at radius 3 is 2.66 bits per heavy atom. The summed E-state index contributed by atoms with van der Waals surface area (Å²) in [5.41, 5.74) is 2.27. The molecule has 1 fully saturated rings. The SMILES string of the molecule is CCNC(=NCC1(c2ccccc2)CC1)NCCc1noc(-c2ccccn2)n1. The first-order valence-electron chi connectivity index (χ1n) is 10.1. The number of rotatable bonds is 8. The van der Waals surface area contributed by atoms with Gasteiger partial charge in [-0.2, -0.15) is 4.98 Å². The number of nitrogens with zero attached hydrogens (tertiary/aromatic N) is 4. The van der Waals surface area contributed by atoms with Crippen LogP contribution in [0.25, 0.3) is 11.6 Å². The third-order valence-electron chi connectivity index (χ3n) is 5.12. The maximum absolute atomic E-state index is 5.31. The van der Waals surface area contributed by atoms with E-state index in [2.05, 4.69) is 63.0 Å². The van der Waals surface area contributed by atoms with Crippen molar-refractivity contribution in [3.8, 4) is 11.6 Å². The number of nitrogens with one attached hydrogen (secondary N) is 2. The summed E-state index contributed by atoms with van der Waals surface area (Å²) in [7, 11) is 0. The molecule has 2 aromatic heterocycles. The number of guanidine groups is 1. The lowest BCUT2D eigenvalue weighted by molar-refractivity contribution is 0.421. The van der Waals surface area contributed by atoms with E-state index < -0.39 is 0 Å². The first kappa shape index (κ1) is 19.1. The van der Waals surface area contributed by atoms with E-state index in [1.807, 2.05) is 18.2 Å². The van der Waals surface area contributed by atoms with E-state index in [0.29, 0.717) is 30.4 Å². The maximum Gasteiger partial charge on any atom is 0.276 e. The monoisotopic (exact) mass is 390 g/mol. The van der Waals surface area contributed by atoms with Crippen LogP contribution in [0.15, 0.2) is 64.2 Å². The predicted molar refractivity (Wildman–Crippen MR) is 113 cm³/mol. The Bertz CT molecular complexity index is 934. The molecular weight excluding hydrogens is 364 g/mol. The van der Waals surface area contributed by atoms with E-state index in [-0.39, 0.29) is 5.41 Å². The molecule has 1 aliphatic rings. The topological polar surface area (TPSA) is 88.2 Å². The van der Waals surface area contributed by atoms with E-state index in [1.54, 1.807) is 6.20 Å². The number of benzene rings is 1. The van der Waals surface area contributed by atoms with Gasteiger partial charge in [0.05, 0.1) is 6.54 Å². The van der Waals surface area contributed by atoms with Crippen LogP contribution in [-0.4, -0.2) is 40.7 Å². The van der Waals surface area contributed by atoms with Crippen LogP contribution in [0.5, 0.6) is 0 Å². The third-order valence-corrected chi connectivity index (χ3v) is 5.12. The quantitative estimate of drug-likeness (QED) is 0.454. The Hall–Kier alpha value is -3.22. The van der Waals surface area contributed by atoms with Gasteiger partial charge < -0.3 is 15.2 Å². The Morgan fingerprint density at radius 2 is 1.93 bits per heavy atom. The van der Waals surface area contributed by atoms with Gasteiger partial charge in [0, 0.05) is 31.1 Å². The molecule has 0 spiro atoms. The molecule has 3 aromatic rings. The van der Waals surface area contributed by atoms with Gasteiger partial charge in [0.25, 0.3) is 5.89 Å². The molecule has 2 N–H and O–H groups in total. The minimum atomic E-state index is 0.203. The fourth-order valence-corrected chi connectivity index (χ4v) is 3.29. The molecular formula is C22H26N6O. The predicted octanol–water partition coefficient (Wildman–Crippen LogP) is 2.96. The van der Waals surface area contributed by atoms with Crippen molar-refractivity contribution in [1.82, 2.24) is 25.8 Å². The zero-order chi connectivity index (χ0) is 19.9. The van der Waals surface area contributed by atoms with Crippen molar-refractivity contribution in [2.24, 2.45) is 4.99 Å². The fraction of sp³-hybridized carbons (Fsp3) is 0.364. The normalized spacial score (nSPS) is 15.1. The lowest BCUT2D eigenvalue weighted by Crippen LogP contribution is -2.39. The maximum atomic E-state index is 5.31. The largest absolute Gasteiger partial charge is 0.357 e. The molecule has 4 rings (SSSR count). The van der Waals surface area contributed by atoms with Crippen molar-refractivity contribution < 1.29 is 4.52 Å². The molecule has 0 amide bonds. The number of hydrogen-bond acceptors (Lipinski definition) is 5. The van der Waals surface area contributed by atoms with Gasteiger partial charge in [-0.25, -0.2) is 0 Å². The minimum Gasteiger partial charge on any atom is -0.357 e. The van der Waals surface area contributed by atoms with E-state index in [4.69, 9.17) is 9.52 Å². The molecule has 0 saturated heterocycles. The van der Waals surface area contributed by atoms with E-state index in [0.717, 1.165) is 19.0 Å². The molecule has 0 unspecified atom stereocenters. The zero-order valence-electron chi connectivity index (χ0n) is 16.6. The second-order valence-electron chi connectivity index (χ2n) is 7.25. The summed E-state index contributed by atoms with van der Waals surface area (Å²) < 4.78 is 5.31. The molecule has 7 heteroatoms. The Morgan fingerprint density at radius 1 is 1.10 bits per heavy atom. The third kappa shape index (κ3) is 4.80. The standard InChI is InChI=1S/C22H26N6O/c1-2-23-21(26-16-22(12-13-22)17-8-4-3-5-9-17)25-15-11-19-27-20(29-28-19)18-10-6-7-14-24-18/h3-10,14H,2,11-13,15-16H2,1H3,(H2,23,25,26). The van der Waals surface area contributed by atoms with Crippen LogP contribution >= 0.6 is 0 Å². The van der Waals surface area contributed by atoms with Crippen molar-refractivity contribution in [1.29, 1.82) is 0 Å². The molecule has 1 aromatic carbocycles. The lowest BCUT2D eigenvalue weighted by atomic mass is 9.96. The number of aromatic nitrogens is 3. The summed E-state index contributed by atoms with van der Waals surface area (Å²) in [6.07, 6.45) is 4.74. The summed E-state index contributed by atoms with van der Waals surface area (Å²) in [6, 6.07) is 16.3. The minimum absolute atomic E-state index is 0.203. The van der Waals surface area contributed by atoms with Crippen LogP contribution in [0.3, 0.4) is 0 Å². The summed E-state index contributed by atoms with van der Waals surface area (Å²) in [4.78, 5) is 13.5. The van der Waals surface area contributed by atoms with Gasteiger partial charge in [-0.05, 0) is 37.5 Å². The molecule has 150 valence electrons. The highest BCUT2D eigenvalue weighted by Gasteiger charge is 2.43. The van der Waals surface area contributed by atoms with Crippen molar-refractivity contribution in [2.45, 2.75) is 31.6 Å². The van der Waals surface area contributed by atoms with Crippen LogP contribution in [0, 0.1) is 0 Å². The molecule has 1 aliphatic carbocycles. The Kier molecular flexibility index (Phi) is 5.84. The molecule has 0 atom stereocenters. The average molecular weight is 390 g/mol. The van der Waals surface area contributed by atoms with Crippen LogP contribution in [0.4, 0.5) is 0 Å². The van der Waals surface area contributed by atoms with Gasteiger partial charge >= 0.3 is 0 Å². The highest BCUT2D eigenvalue weighted by atomic mass is 16.5. The summed E-state index contributed by atoms with van der Waals surface area (Å²) in [6.45, 7) is 4.35. The van der Waals surface area contributed by atoms with Gasteiger partial charge in [0.15, 0.2) is 11.8 Å². The van der Waals surface area contributed by atoms with Crippen molar-refractivity contribution in [3.63, 3.8) is 0 Å². The average Bonchev–Trinajstić information content (AvgIpc) is 3.43.